The molecule has 2 rings (SSSR count). The number of hydrogen-bond donors (Lipinski definition) is 0. The van der Waals surface area contributed by atoms with Crippen LogP contribution in [0.15, 0.2) is 24.4 Å². The standard InChI is InChI=1S/C14H14F2N2O/c1-9(2)6-18-7-10(8-19)14(17-18)12-4-3-11(15)5-13(12)16/h3-5,7-9H,6H2,1-2H3. The molecule has 0 saturated heterocycles. The van der Waals surface area contributed by atoms with Gasteiger partial charge in [0.15, 0.2) is 6.29 Å². The van der Waals surface area contributed by atoms with E-state index in [0.29, 0.717) is 24.3 Å². The first-order valence-corrected chi connectivity index (χ1v) is 5.99. The van der Waals surface area contributed by atoms with Crippen molar-refractivity contribution in [3.05, 3.63) is 41.6 Å². The largest absolute Gasteiger partial charge is 0.298 e. The summed E-state index contributed by atoms with van der Waals surface area (Å²) in [6.45, 7) is 4.66. The summed E-state index contributed by atoms with van der Waals surface area (Å²) >= 11 is 0. The van der Waals surface area contributed by atoms with E-state index in [1.54, 1.807) is 10.9 Å². The van der Waals surface area contributed by atoms with Gasteiger partial charge < -0.3 is 0 Å². The van der Waals surface area contributed by atoms with Gasteiger partial charge in [0.25, 0.3) is 0 Å². The summed E-state index contributed by atoms with van der Waals surface area (Å²) < 4.78 is 28.2. The quantitative estimate of drug-likeness (QED) is 0.794. The molecule has 0 aliphatic rings. The maximum absolute atomic E-state index is 13.7. The van der Waals surface area contributed by atoms with Crippen LogP contribution >= 0.6 is 0 Å². The maximum atomic E-state index is 13.7. The number of carbonyl (C=O) groups excluding carboxylic acids is 1. The first kappa shape index (κ1) is 13.4. The normalized spacial score (nSPS) is 11.0. The second-order valence-corrected chi connectivity index (χ2v) is 4.79. The Morgan fingerprint density at radius 2 is 2.11 bits per heavy atom. The molecule has 0 aliphatic heterocycles. The summed E-state index contributed by atoms with van der Waals surface area (Å²) in [4.78, 5) is 11.0. The average molecular weight is 264 g/mol. The van der Waals surface area contributed by atoms with Crippen molar-refractivity contribution in [2.24, 2.45) is 5.92 Å². The third-order valence-electron chi connectivity index (χ3n) is 2.66. The molecule has 1 heterocycles. The zero-order valence-corrected chi connectivity index (χ0v) is 10.7. The van der Waals surface area contributed by atoms with Crippen LogP contribution in [0.2, 0.25) is 0 Å². The van der Waals surface area contributed by atoms with Gasteiger partial charge in [0.1, 0.15) is 17.3 Å². The molecule has 0 aliphatic carbocycles. The molecule has 1 aromatic heterocycles. The molecular weight excluding hydrogens is 250 g/mol. The van der Waals surface area contributed by atoms with E-state index in [0.717, 1.165) is 12.1 Å². The minimum Gasteiger partial charge on any atom is -0.298 e. The zero-order valence-electron chi connectivity index (χ0n) is 10.7. The lowest BCUT2D eigenvalue weighted by Gasteiger charge is -2.04. The van der Waals surface area contributed by atoms with Gasteiger partial charge in [-0.15, -0.1) is 0 Å². The van der Waals surface area contributed by atoms with E-state index in [1.165, 1.54) is 6.07 Å². The summed E-state index contributed by atoms with van der Waals surface area (Å²) in [5, 5.41) is 4.20. The molecule has 100 valence electrons. The molecule has 0 amide bonds. The number of rotatable bonds is 4. The topological polar surface area (TPSA) is 34.9 Å². The van der Waals surface area contributed by atoms with Crippen molar-refractivity contribution in [2.45, 2.75) is 20.4 Å². The van der Waals surface area contributed by atoms with Crippen molar-refractivity contribution in [3.8, 4) is 11.3 Å². The summed E-state index contributed by atoms with van der Waals surface area (Å²) in [7, 11) is 0. The van der Waals surface area contributed by atoms with Crippen LogP contribution in [0.25, 0.3) is 11.3 Å². The van der Waals surface area contributed by atoms with Crippen molar-refractivity contribution < 1.29 is 13.6 Å². The zero-order chi connectivity index (χ0) is 14.0. The minimum absolute atomic E-state index is 0.131. The van der Waals surface area contributed by atoms with Crippen molar-refractivity contribution in [1.82, 2.24) is 9.78 Å². The molecule has 0 unspecified atom stereocenters. The molecule has 0 radical (unpaired) electrons. The lowest BCUT2D eigenvalue weighted by molar-refractivity contribution is 0.112. The Hall–Kier alpha value is -2.04. The molecule has 0 bridgehead atoms. The number of hydrogen-bond acceptors (Lipinski definition) is 2. The van der Waals surface area contributed by atoms with Gasteiger partial charge >= 0.3 is 0 Å². The SMILES string of the molecule is CC(C)Cn1cc(C=O)c(-c2ccc(F)cc2F)n1. The van der Waals surface area contributed by atoms with Crippen molar-refractivity contribution >= 4 is 6.29 Å². The Kier molecular flexibility index (Phi) is 3.74. The summed E-state index contributed by atoms with van der Waals surface area (Å²) in [5.41, 5.74) is 0.672. The maximum Gasteiger partial charge on any atom is 0.153 e. The minimum atomic E-state index is -0.724. The van der Waals surface area contributed by atoms with E-state index in [4.69, 9.17) is 0 Å². The van der Waals surface area contributed by atoms with Crippen molar-refractivity contribution in [1.29, 1.82) is 0 Å². The number of aldehydes is 1. The highest BCUT2D eigenvalue weighted by Crippen LogP contribution is 2.24. The van der Waals surface area contributed by atoms with Gasteiger partial charge in [-0.05, 0) is 18.1 Å². The van der Waals surface area contributed by atoms with Crippen LogP contribution in [0.5, 0.6) is 0 Å². The Labute approximate surface area is 109 Å². The molecule has 0 saturated carbocycles. The summed E-state index contributed by atoms with van der Waals surface area (Å²) in [5.74, 6) is -1.03. The highest BCUT2D eigenvalue weighted by atomic mass is 19.1. The van der Waals surface area contributed by atoms with E-state index in [9.17, 15) is 13.6 Å². The lowest BCUT2D eigenvalue weighted by atomic mass is 10.1. The van der Waals surface area contributed by atoms with Gasteiger partial charge in [0, 0.05) is 24.4 Å². The van der Waals surface area contributed by atoms with Crippen LogP contribution in [0, 0.1) is 17.6 Å². The van der Waals surface area contributed by atoms with Crippen LogP contribution in [-0.2, 0) is 6.54 Å². The van der Waals surface area contributed by atoms with Crippen molar-refractivity contribution in [2.75, 3.05) is 0 Å². The summed E-state index contributed by atoms with van der Waals surface area (Å²) in [6, 6.07) is 3.22. The number of halogens is 2. The second-order valence-electron chi connectivity index (χ2n) is 4.79. The third-order valence-corrected chi connectivity index (χ3v) is 2.66. The van der Waals surface area contributed by atoms with Crippen LogP contribution in [0.4, 0.5) is 8.78 Å². The van der Waals surface area contributed by atoms with Gasteiger partial charge in [-0.3, -0.25) is 9.48 Å². The number of benzene rings is 1. The second kappa shape index (κ2) is 5.30. The van der Waals surface area contributed by atoms with Crippen LogP contribution in [0.3, 0.4) is 0 Å². The van der Waals surface area contributed by atoms with Gasteiger partial charge in [0.2, 0.25) is 0 Å². The van der Waals surface area contributed by atoms with E-state index in [-0.39, 0.29) is 11.3 Å². The van der Waals surface area contributed by atoms with Crippen LogP contribution in [0.1, 0.15) is 24.2 Å². The van der Waals surface area contributed by atoms with Crippen molar-refractivity contribution in [3.63, 3.8) is 0 Å². The Balaban J connectivity index is 2.48. The lowest BCUT2D eigenvalue weighted by Crippen LogP contribution is -2.04. The van der Waals surface area contributed by atoms with E-state index >= 15 is 0 Å². The molecule has 0 N–H and O–H groups in total. The molecule has 2 aromatic rings. The molecule has 1 aromatic carbocycles. The number of nitrogens with zero attached hydrogens (tertiary/aromatic N) is 2. The van der Waals surface area contributed by atoms with Crippen LogP contribution < -0.4 is 0 Å². The molecule has 3 nitrogen and oxygen atoms in total. The Morgan fingerprint density at radius 3 is 2.68 bits per heavy atom. The number of aromatic nitrogens is 2. The fraction of sp³-hybridized carbons (Fsp3) is 0.286. The molecular formula is C14H14F2N2O. The smallest absolute Gasteiger partial charge is 0.153 e. The molecule has 0 fully saturated rings. The van der Waals surface area contributed by atoms with Crippen LogP contribution in [-0.4, -0.2) is 16.1 Å². The third kappa shape index (κ3) is 2.86. The monoisotopic (exact) mass is 264 g/mol. The molecule has 19 heavy (non-hydrogen) atoms. The highest BCUT2D eigenvalue weighted by molar-refractivity contribution is 5.85. The van der Waals surface area contributed by atoms with Gasteiger partial charge in [-0.2, -0.15) is 5.10 Å². The predicted octanol–water partition coefficient (Wildman–Crippen LogP) is 3.30. The molecule has 5 heteroatoms. The molecule has 0 atom stereocenters. The van der Waals surface area contributed by atoms with Gasteiger partial charge in [-0.1, -0.05) is 13.8 Å². The van der Waals surface area contributed by atoms with E-state index in [1.807, 2.05) is 13.8 Å². The molecule has 0 spiro atoms. The highest BCUT2D eigenvalue weighted by Gasteiger charge is 2.15. The fourth-order valence-electron chi connectivity index (χ4n) is 1.88. The van der Waals surface area contributed by atoms with Gasteiger partial charge in [-0.25, -0.2) is 8.78 Å². The Bertz CT molecular complexity index is 605. The fourth-order valence-corrected chi connectivity index (χ4v) is 1.88. The first-order valence-electron chi connectivity index (χ1n) is 5.99. The van der Waals surface area contributed by atoms with E-state index in [2.05, 4.69) is 5.10 Å². The number of carbonyl (C=O) groups is 1. The predicted molar refractivity (Wildman–Crippen MR) is 67.8 cm³/mol. The average Bonchev–Trinajstić information content (AvgIpc) is 2.71. The first-order chi connectivity index (χ1) is 9.01. The van der Waals surface area contributed by atoms with Gasteiger partial charge in [0.05, 0.1) is 5.56 Å². The van der Waals surface area contributed by atoms with E-state index < -0.39 is 11.6 Å². The summed E-state index contributed by atoms with van der Waals surface area (Å²) in [6.07, 6.45) is 2.20. The Morgan fingerprint density at radius 1 is 1.37 bits per heavy atom.